The molecule has 1 unspecified atom stereocenters. The first kappa shape index (κ1) is 15.8. The van der Waals surface area contributed by atoms with Crippen LogP contribution < -0.4 is 10.2 Å². The largest absolute Gasteiger partial charge is 0.494 e. The maximum atomic E-state index is 14.0. The third-order valence-electron chi connectivity index (χ3n) is 3.24. The Bertz CT molecular complexity index is 664. The second-order valence-corrected chi connectivity index (χ2v) is 4.86. The van der Waals surface area contributed by atoms with E-state index in [1.807, 2.05) is 14.1 Å². The molecule has 0 heterocycles. The third kappa shape index (κ3) is 3.04. The first-order valence-electron chi connectivity index (χ1n) is 6.28. The van der Waals surface area contributed by atoms with Gasteiger partial charge < -0.3 is 9.84 Å². The van der Waals surface area contributed by atoms with E-state index in [1.165, 1.54) is 19.2 Å². The Morgan fingerprint density at radius 1 is 1.14 bits per heavy atom. The summed E-state index contributed by atoms with van der Waals surface area (Å²) in [4.78, 5) is 0. The number of hydrogen-bond acceptors (Lipinski definition) is 2. The highest BCUT2D eigenvalue weighted by atomic mass is 35.5. The summed E-state index contributed by atoms with van der Waals surface area (Å²) in [5.74, 6) is -2.50. The van der Waals surface area contributed by atoms with Gasteiger partial charge >= 0.3 is 0 Å². The fourth-order valence-corrected chi connectivity index (χ4v) is 2.26. The molecule has 1 N–H and O–H groups in total. The van der Waals surface area contributed by atoms with Gasteiger partial charge in [-0.2, -0.15) is 4.39 Å². The molecule has 21 heavy (non-hydrogen) atoms. The van der Waals surface area contributed by atoms with E-state index in [9.17, 15) is 13.9 Å². The van der Waals surface area contributed by atoms with Crippen molar-refractivity contribution in [3.05, 3.63) is 58.1 Å². The van der Waals surface area contributed by atoms with Crippen molar-refractivity contribution >= 4 is 24.3 Å². The van der Waals surface area contributed by atoms with Crippen LogP contribution in [0.15, 0.2) is 30.3 Å². The standard InChI is InChI=1S/C15H13BClF2O2/c1-16-8-3-5-11(17)10(7-8)15(20)9-4-6-12(21-2)14(19)13(9)18/h3-7,15,20H,1-2H3. The lowest BCUT2D eigenvalue weighted by molar-refractivity contribution is 0.213. The Morgan fingerprint density at radius 3 is 2.48 bits per heavy atom. The molecule has 109 valence electrons. The molecule has 0 aliphatic carbocycles. The van der Waals surface area contributed by atoms with E-state index in [-0.39, 0.29) is 16.3 Å². The molecule has 6 heteroatoms. The Labute approximate surface area is 127 Å². The molecule has 0 fully saturated rings. The molecule has 2 aromatic carbocycles. The average molecular weight is 310 g/mol. The van der Waals surface area contributed by atoms with Gasteiger partial charge in [-0.25, -0.2) is 4.39 Å². The summed E-state index contributed by atoms with van der Waals surface area (Å²) in [6, 6.07) is 7.55. The lowest BCUT2D eigenvalue weighted by Crippen LogP contribution is -2.14. The summed E-state index contributed by atoms with van der Waals surface area (Å²) in [7, 11) is 3.06. The van der Waals surface area contributed by atoms with Gasteiger partial charge in [0.15, 0.2) is 11.6 Å². The van der Waals surface area contributed by atoms with Crippen LogP contribution in [-0.2, 0) is 0 Å². The van der Waals surface area contributed by atoms with E-state index >= 15 is 0 Å². The zero-order valence-electron chi connectivity index (χ0n) is 11.5. The minimum Gasteiger partial charge on any atom is -0.494 e. The van der Waals surface area contributed by atoms with Crippen LogP contribution in [0.2, 0.25) is 11.8 Å². The molecule has 0 bridgehead atoms. The predicted octanol–water partition coefficient (Wildman–Crippen LogP) is 3.09. The molecular weight excluding hydrogens is 296 g/mol. The Balaban J connectivity index is 2.50. The second kappa shape index (κ2) is 6.45. The Hall–Kier alpha value is -1.59. The summed E-state index contributed by atoms with van der Waals surface area (Å²) in [5, 5.41) is 10.6. The summed E-state index contributed by atoms with van der Waals surface area (Å²) in [5.41, 5.74) is 0.946. The van der Waals surface area contributed by atoms with Gasteiger partial charge in [-0.1, -0.05) is 36.0 Å². The normalized spacial score (nSPS) is 12.1. The quantitative estimate of drug-likeness (QED) is 0.880. The molecule has 1 atom stereocenters. The molecule has 0 spiro atoms. The molecule has 0 aliphatic heterocycles. The maximum absolute atomic E-state index is 14.0. The highest BCUT2D eigenvalue weighted by molar-refractivity contribution is 6.52. The zero-order valence-corrected chi connectivity index (χ0v) is 12.3. The van der Waals surface area contributed by atoms with Gasteiger partial charge in [0.05, 0.1) is 7.11 Å². The number of aliphatic hydroxyl groups excluding tert-OH is 1. The smallest absolute Gasteiger partial charge is 0.200 e. The van der Waals surface area contributed by atoms with Crippen molar-refractivity contribution in [2.45, 2.75) is 12.9 Å². The van der Waals surface area contributed by atoms with Crippen LogP contribution in [0, 0.1) is 11.6 Å². The first-order valence-corrected chi connectivity index (χ1v) is 6.66. The van der Waals surface area contributed by atoms with Crippen LogP contribution in [0.25, 0.3) is 0 Å². The molecule has 0 aliphatic rings. The van der Waals surface area contributed by atoms with Crippen molar-refractivity contribution in [2.24, 2.45) is 0 Å². The molecule has 0 aromatic heterocycles. The number of benzene rings is 2. The van der Waals surface area contributed by atoms with Crippen LogP contribution >= 0.6 is 11.6 Å². The lowest BCUT2D eigenvalue weighted by Gasteiger charge is -2.16. The SMILES string of the molecule is C[B]c1ccc(Cl)c(C(O)c2ccc(OC)c(F)c2F)c1. The van der Waals surface area contributed by atoms with Crippen molar-refractivity contribution < 1.29 is 18.6 Å². The van der Waals surface area contributed by atoms with E-state index in [2.05, 4.69) is 0 Å². The van der Waals surface area contributed by atoms with Crippen molar-refractivity contribution in [3.8, 4) is 5.75 Å². The van der Waals surface area contributed by atoms with Gasteiger partial charge in [0, 0.05) is 16.1 Å². The van der Waals surface area contributed by atoms with Crippen LogP contribution in [0.5, 0.6) is 5.75 Å². The molecular formula is C15H13BClF2O2. The lowest BCUT2D eigenvalue weighted by atomic mass is 9.72. The van der Waals surface area contributed by atoms with Crippen molar-refractivity contribution in [2.75, 3.05) is 7.11 Å². The molecule has 0 amide bonds. The average Bonchev–Trinajstić information content (AvgIpc) is 2.50. The van der Waals surface area contributed by atoms with Crippen molar-refractivity contribution in [3.63, 3.8) is 0 Å². The van der Waals surface area contributed by atoms with Gasteiger partial charge in [-0.3, -0.25) is 0 Å². The van der Waals surface area contributed by atoms with E-state index in [0.717, 1.165) is 5.46 Å². The van der Waals surface area contributed by atoms with Gasteiger partial charge in [-0.15, -0.1) is 0 Å². The summed E-state index contributed by atoms with van der Waals surface area (Å²) < 4.78 is 32.5. The number of rotatable bonds is 4. The first-order chi connectivity index (χ1) is 9.99. The summed E-state index contributed by atoms with van der Waals surface area (Å²) in [6.45, 7) is 1.83. The molecule has 0 saturated heterocycles. The predicted molar refractivity (Wildman–Crippen MR) is 79.7 cm³/mol. The van der Waals surface area contributed by atoms with Crippen LogP contribution in [0.3, 0.4) is 0 Å². The highest BCUT2D eigenvalue weighted by Gasteiger charge is 2.22. The minimum absolute atomic E-state index is 0.191. The molecule has 1 radical (unpaired) electrons. The van der Waals surface area contributed by atoms with Gasteiger partial charge in [0.25, 0.3) is 0 Å². The minimum atomic E-state index is -1.36. The molecule has 2 nitrogen and oxygen atoms in total. The molecule has 0 saturated carbocycles. The number of methoxy groups -OCH3 is 1. The van der Waals surface area contributed by atoms with E-state index in [4.69, 9.17) is 16.3 Å². The molecule has 2 aromatic rings. The zero-order chi connectivity index (χ0) is 15.6. The third-order valence-corrected chi connectivity index (χ3v) is 3.58. The monoisotopic (exact) mass is 309 g/mol. The van der Waals surface area contributed by atoms with Crippen LogP contribution in [0.4, 0.5) is 8.78 Å². The van der Waals surface area contributed by atoms with Gasteiger partial charge in [0.2, 0.25) is 5.82 Å². The number of aliphatic hydroxyl groups is 1. The fraction of sp³-hybridized carbons (Fsp3) is 0.200. The van der Waals surface area contributed by atoms with Crippen LogP contribution in [0.1, 0.15) is 17.2 Å². The number of halogens is 3. The number of hydrogen-bond donors (Lipinski definition) is 1. The fourth-order valence-electron chi connectivity index (χ4n) is 2.03. The van der Waals surface area contributed by atoms with Gasteiger partial charge in [0.1, 0.15) is 13.4 Å². The van der Waals surface area contributed by atoms with Gasteiger partial charge in [-0.05, 0) is 18.2 Å². The van der Waals surface area contributed by atoms with Crippen molar-refractivity contribution in [1.82, 2.24) is 0 Å². The van der Waals surface area contributed by atoms with E-state index in [1.54, 1.807) is 18.2 Å². The summed E-state index contributed by atoms with van der Waals surface area (Å²) in [6.07, 6.45) is -1.36. The van der Waals surface area contributed by atoms with Crippen molar-refractivity contribution in [1.29, 1.82) is 0 Å². The highest BCUT2D eigenvalue weighted by Crippen LogP contribution is 2.32. The van der Waals surface area contributed by atoms with Crippen LogP contribution in [-0.4, -0.2) is 19.5 Å². The van der Waals surface area contributed by atoms with E-state index < -0.39 is 17.7 Å². The second-order valence-electron chi connectivity index (χ2n) is 4.46. The number of ether oxygens (including phenoxy) is 1. The Morgan fingerprint density at radius 2 is 1.86 bits per heavy atom. The summed E-state index contributed by atoms with van der Waals surface area (Å²) >= 11 is 6.03. The maximum Gasteiger partial charge on any atom is 0.200 e. The molecule has 2 rings (SSSR count). The van der Waals surface area contributed by atoms with E-state index in [0.29, 0.717) is 5.56 Å². The Kier molecular flexibility index (Phi) is 4.86. The topological polar surface area (TPSA) is 29.5 Å².